The van der Waals surface area contributed by atoms with Gasteiger partial charge in [0.25, 0.3) is 5.56 Å². The van der Waals surface area contributed by atoms with Gasteiger partial charge in [0.05, 0.1) is 22.9 Å². The van der Waals surface area contributed by atoms with Crippen molar-refractivity contribution in [2.24, 2.45) is 0 Å². The molecule has 1 N–H and O–H groups in total. The quantitative estimate of drug-likeness (QED) is 0.502. The topological polar surface area (TPSA) is 86.1 Å². The van der Waals surface area contributed by atoms with Crippen LogP contribution < -0.4 is 15.6 Å². The molecule has 2 heterocycles. The Bertz CT molecular complexity index is 1250. The third-order valence-electron chi connectivity index (χ3n) is 4.90. The minimum absolute atomic E-state index is 0.0824. The molecule has 0 radical (unpaired) electrons. The number of aromatic nitrogens is 3. The minimum Gasteiger partial charge on any atom is -0.487 e. The van der Waals surface area contributed by atoms with Gasteiger partial charge in [-0.3, -0.25) is 19.1 Å². The van der Waals surface area contributed by atoms with E-state index in [1.165, 1.54) is 10.9 Å². The summed E-state index contributed by atoms with van der Waals surface area (Å²) in [7, 11) is 0. The number of fused-ring (bicyclic) bond motifs is 1. The van der Waals surface area contributed by atoms with Gasteiger partial charge < -0.3 is 10.1 Å². The maximum atomic E-state index is 12.6. The summed E-state index contributed by atoms with van der Waals surface area (Å²) < 4.78 is 7.04. The molecule has 0 unspecified atom stereocenters. The van der Waals surface area contributed by atoms with Crippen molar-refractivity contribution in [3.63, 3.8) is 0 Å². The number of aryl methyl sites for hydroxylation is 1. The average Bonchev–Trinajstić information content (AvgIpc) is 2.80. The standard InChI is InChI=1S/C24H22N4O3/c1-17-5-4-7-21-23(17)27-16-28(24(21)30)14-22(29)26-13-18-8-10-20(11-9-18)31-15-19-6-2-3-12-25-19/h2-12,16H,13-15H2,1H3,(H,26,29). The Hall–Kier alpha value is -4.00. The first-order valence-electron chi connectivity index (χ1n) is 9.93. The normalized spacial score (nSPS) is 10.7. The van der Waals surface area contributed by atoms with Crippen LogP contribution >= 0.6 is 0 Å². The summed E-state index contributed by atoms with van der Waals surface area (Å²) in [5, 5.41) is 3.34. The SMILES string of the molecule is Cc1cccc2c(=O)n(CC(=O)NCc3ccc(OCc4ccccn4)cc3)cnc12. The number of hydrogen-bond acceptors (Lipinski definition) is 5. The molecule has 156 valence electrons. The lowest BCUT2D eigenvalue weighted by Crippen LogP contribution is -2.32. The van der Waals surface area contributed by atoms with E-state index in [0.717, 1.165) is 22.6 Å². The molecule has 7 heteroatoms. The molecule has 4 aromatic rings. The molecule has 0 atom stereocenters. The number of carbonyl (C=O) groups excluding carboxylic acids is 1. The van der Waals surface area contributed by atoms with Gasteiger partial charge in [0.1, 0.15) is 18.9 Å². The lowest BCUT2D eigenvalue weighted by molar-refractivity contribution is -0.121. The molecule has 0 aliphatic rings. The molecular weight excluding hydrogens is 392 g/mol. The lowest BCUT2D eigenvalue weighted by atomic mass is 10.1. The van der Waals surface area contributed by atoms with Crippen LogP contribution in [0.25, 0.3) is 10.9 Å². The predicted octanol–water partition coefficient (Wildman–Crippen LogP) is 3.00. The van der Waals surface area contributed by atoms with Gasteiger partial charge in [-0.25, -0.2) is 4.98 Å². The van der Waals surface area contributed by atoms with Crippen LogP contribution in [0.15, 0.2) is 78.0 Å². The van der Waals surface area contributed by atoms with Gasteiger partial charge in [-0.15, -0.1) is 0 Å². The highest BCUT2D eigenvalue weighted by molar-refractivity contribution is 5.81. The van der Waals surface area contributed by atoms with Crippen molar-refractivity contribution < 1.29 is 9.53 Å². The molecule has 0 aliphatic heterocycles. The van der Waals surface area contributed by atoms with Gasteiger partial charge in [0.2, 0.25) is 5.91 Å². The van der Waals surface area contributed by atoms with Gasteiger partial charge in [-0.2, -0.15) is 0 Å². The summed E-state index contributed by atoms with van der Waals surface area (Å²) in [5.41, 5.74) is 3.15. The van der Waals surface area contributed by atoms with Gasteiger partial charge in [0.15, 0.2) is 0 Å². The van der Waals surface area contributed by atoms with E-state index in [0.29, 0.717) is 24.1 Å². The molecule has 4 rings (SSSR count). The number of benzene rings is 2. The number of hydrogen-bond donors (Lipinski definition) is 1. The number of pyridine rings is 1. The smallest absolute Gasteiger partial charge is 0.261 e. The second kappa shape index (κ2) is 9.21. The molecule has 2 aromatic carbocycles. The molecule has 0 saturated carbocycles. The molecule has 0 fully saturated rings. The molecule has 2 aromatic heterocycles. The minimum atomic E-state index is -0.258. The first-order valence-corrected chi connectivity index (χ1v) is 9.93. The largest absolute Gasteiger partial charge is 0.487 e. The van der Waals surface area contributed by atoms with Crippen molar-refractivity contribution >= 4 is 16.8 Å². The molecule has 1 amide bonds. The number of rotatable bonds is 7. The molecule has 0 spiro atoms. The monoisotopic (exact) mass is 414 g/mol. The molecule has 7 nitrogen and oxygen atoms in total. The maximum absolute atomic E-state index is 12.6. The highest BCUT2D eigenvalue weighted by atomic mass is 16.5. The molecule has 0 saturated heterocycles. The number of carbonyl (C=O) groups is 1. The van der Waals surface area contributed by atoms with E-state index < -0.39 is 0 Å². The Morgan fingerprint density at radius 2 is 1.87 bits per heavy atom. The fourth-order valence-corrected chi connectivity index (χ4v) is 3.21. The van der Waals surface area contributed by atoms with Crippen molar-refractivity contribution in [2.75, 3.05) is 0 Å². The maximum Gasteiger partial charge on any atom is 0.261 e. The fraction of sp³-hybridized carbons (Fsp3) is 0.167. The predicted molar refractivity (Wildman–Crippen MR) is 118 cm³/mol. The van der Waals surface area contributed by atoms with Crippen LogP contribution in [0, 0.1) is 6.92 Å². The van der Waals surface area contributed by atoms with Gasteiger partial charge >= 0.3 is 0 Å². The van der Waals surface area contributed by atoms with E-state index in [4.69, 9.17) is 4.74 Å². The van der Waals surface area contributed by atoms with E-state index in [-0.39, 0.29) is 18.0 Å². The van der Waals surface area contributed by atoms with Crippen LogP contribution in [-0.2, 0) is 24.5 Å². The first kappa shape index (κ1) is 20.3. The Morgan fingerprint density at radius 1 is 1.03 bits per heavy atom. The fourth-order valence-electron chi connectivity index (χ4n) is 3.21. The van der Waals surface area contributed by atoms with Crippen molar-refractivity contribution in [2.45, 2.75) is 26.6 Å². The number of amides is 1. The Labute approximate surface area is 179 Å². The number of para-hydroxylation sites is 1. The summed E-state index contributed by atoms with van der Waals surface area (Å²) in [6.07, 6.45) is 3.15. The molecule has 0 aliphatic carbocycles. The second-order valence-electron chi connectivity index (χ2n) is 7.18. The van der Waals surface area contributed by atoms with Crippen LogP contribution in [0.2, 0.25) is 0 Å². The number of nitrogens with one attached hydrogen (secondary N) is 1. The summed E-state index contributed by atoms with van der Waals surface area (Å²) in [6.45, 7) is 2.57. The zero-order valence-corrected chi connectivity index (χ0v) is 17.1. The van der Waals surface area contributed by atoms with Crippen LogP contribution in [-0.4, -0.2) is 20.4 Å². The van der Waals surface area contributed by atoms with Crippen molar-refractivity contribution in [1.29, 1.82) is 0 Å². The van der Waals surface area contributed by atoms with E-state index in [1.807, 2.05) is 61.5 Å². The zero-order valence-electron chi connectivity index (χ0n) is 17.1. The highest BCUT2D eigenvalue weighted by Gasteiger charge is 2.09. The van der Waals surface area contributed by atoms with E-state index in [1.54, 1.807) is 12.3 Å². The van der Waals surface area contributed by atoms with Gasteiger partial charge in [-0.05, 0) is 48.4 Å². The third kappa shape index (κ3) is 4.95. The summed E-state index contributed by atoms with van der Waals surface area (Å²) in [4.78, 5) is 33.5. The Kier molecular flexibility index (Phi) is 6.03. The summed E-state index contributed by atoms with van der Waals surface area (Å²) in [5.74, 6) is 0.469. The first-order chi connectivity index (χ1) is 15.1. The van der Waals surface area contributed by atoms with Crippen LogP contribution in [0.1, 0.15) is 16.8 Å². The lowest BCUT2D eigenvalue weighted by Gasteiger charge is -2.10. The highest BCUT2D eigenvalue weighted by Crippen LogP contribution is 2.14. The molecule has 31 heavy (non-hydrogen) atoms. The zero-order chi connectivity index (χ0) is 21.6. The average molecular weight is 414 g/mol. The Morgan fingerprint density at radius 3 is 2.65 bits per heavy atom. The van der Waals surface area contributed by atoms with E-state index in [2.05, 4.69) is 15.3 Å². The summed E-state index contributed by atoms with van der Waals surface area (Å²) in [6, 6.07) is 18.6. The van der Waals surface area contributed by atoms with Crippen molar-refractivity contribution in [3.8, 4) is 5.75 Å². The molecule has 0 bridgehead atoms. The van der Waals surface area contributed by atoms with Crippen LogP contribution in [0.4, 0.5) is 0 Å². The van der Waals surface area contributed by atoms with Gasteiger partial charge in [0, 0.05) is 12.7 Å². The molecular formula is C24H22N4O3. The van der Waals surface area contributed by atoms with E-state index >= 15 is 0 Å². The third-order valence-corrected chi connectivity index (χ3v) is 4.90. The number of nitrogens with zero attached hydrogens (tertiary/aromatic N) is 3. The number of ether oxygens (including phenoxy) is 1. The van der Waals surface area contributed by atoms with Crippen LogP contribution in [0.3, 0.4) is 0 Å². The van der Waals surface area contributed by atoms with Crippen LogP contribution in [0.5, 0.6) is 5.75 Å². The van der Waals surface area contributed by atoms with Crippen molar-refractivity contribution in [3.05, 3.63) is 100 Å². The summed E-state index contributed by atoms with van der Waals surface area (Å²) >= 11 is 0. The van der Waals surface area contributed by atoms with Gasteiger partial charge in [-0.1, -0.05) is 30.3 Å². The van der Waals surface area contributed by atoms with Crippen molar-refractivity contribution in [1.82, 2.24) is 19.9 Å². The van der Waals surface area contributed by atoms with E-state index in [9.17, 15) is 9.59 Å². The second-order valence-corrected chi connectivity index (χ2v) is 7.18. The Balaban J connectivity index is 1.32.